The summed E-state index contributed by atoms with van der Waals surface area (Å²) in [5.41, 5.74) is 2.13. The average Bonchev–Trinajstić information content (AvgIpc) is 2.74. The second-order valence-electron chi connectivity index (χ2n) is 6.71. The topological polar surface area (TPSA) is 57.2 Å². The summed E-state index contributed by atoms with van der Waals surface area (Å²) in [5.74, 6) is 0.766. The third-order valence-electron chi connectivity index (χ3n) is 4.90. The van der Waals surface area contributed by atoms with E-state index in [1.807, 2.05) is 48.5 Å². The van der Waals surface area contributed by atoms with E-state index in [1.54, 1.807) is 18.9 Å². The van der Waals surface area contributed by atoms with Crippen LogP contribution in [0.4, 0.5) is 0 Å². The van der Waals surface area contributed by atoms with Crippen LogP contribution in [0.15, 0.2) is 60.7 Å². The van der Waals surface area contributed by atoms with Gasteiger partial charge < -0.3 is 24.1 Å². The number of ether oxygens (including phenoxy) is 4. The number of methoxy groups -OCH3 is 1. The fraction of sp³-hybridized carbons (Fsp3) is 0.429. The van der Waals surface area contributed by atoms with E-state index in [-0.39, 0.29) is 11.4 Å². The zero-order valence-corrected chi connectivity index (χ0v) is 16.0. The standard InChI is InChI=1S/C21H24O5S/c1-23-21-19(27-13-14-8-4-2-5-9-14)17(22)18-16(25-21)12-24-20(26-18)15-10-6-3-7-11-15/h2-11,16-22H,12-13H2,1H3. The van der Waals surface area contributed by atoms with Gasteiger partial charge in [-0.15, -0.1) is 11.8 Å². The molecule has 2 aliphatic rings. The van der Waals surface area contributed by atoms with Crippen molar-refractivity contribution in [2.24, 2.45) is 0 Å². The predicted molar refractivity (Wildman–Crippen MR) is 103 cm³/mol. The first-order valence-corrected chi connectivity index (χ1v) is 10.1. The highest BCUT2D eigenvalue weighted by Gasteiger charge is 2.49. The molecule has 0 saturated carbocycles. The van der Waals surface area contributed by atoms with Gasteiger partial charge in [0, 0.05) is 18.4 Å². The normalized spacial score (nSPS) is 33.4. The van der Waals surface area contributed by atoms with Crippen LogP contribution in [0.3, 0.4) is 0 Å². The highest BCUT2D eigenvalue weighted by molar-refractivity contribution is 7.99. The number of rotatable bonds is 5. The first-order valence-electron chi connectivity index (χ1n) is 9.10. The number of aliphatic hydroxyl groups excluding tert-OH is 1. The van der Waals surface area contributed by atoms with Crippen molar-refractivity contribution in [1.82, 2.24) is 0 Å². The molecule has 0 amide bonds. The molecule has 0 aromatic heterocycles. The Balaban J connectivity index is 1.46. The van der Waals surface area contributed by atoms with Crippen molar-refractivity contribution in [2.75, 3.05) is 13.7 Å². The Labute approximate surface area is 163 Å². The molecule has 144 valence electrons. The molecule has 6 unspecified atom stereocenters. The fourth-order valence-electron chi connectivity index (χ4n) is 3.48. The van der Waals surface area contributed by atoms with Crippen molar-refractivity contribution in [2.45, 2.75) is 41.9 Å². The molecule has 0 radical (unpaired) electrons. The van der Waals surface area contributed by atoms with Crippen LogP contribution in [0.25, 0.3) is 0 Å². The highest BCUT2D eigenvalue weighted by Crippen LogP contribution is 2.38. The van der Waals surface area contributed by atoms with Gasteiger partial charge in [0.15, 0.2) is 12.6 Å². The Hall–Kier alpha value is -1.41. The Morgan fingerprint density at radius 2 is 1.74 bits per heavy atom. The Bertz CT molecular complexity index is 707. The van der Waals surface area contributed by atoms with E-state index in [4.69, 9.17) is 18.9 Å². The summed E-state index contributed by atoms with van der Waals surface area (Å²) in [5, 5.41) is 10.8. The van der Waals surface area contributed by atoms with Crippen molar-refractivity contribution >= 4 is 11.8 Å². The monoisotopic (exact) mass is 388 g/mol. The number of fused-ring (bicyclic) bond motifs is 1. The number of hydrogen-bond acceptors (Lipinski definition) is 6. The molecule has 6 atom stereocenters. The molecule has 1 N–H and O–H groups in total. The van der Waals surface area contributed by atoms with Crippen molar-refractivity contribution < 1.29 is 24.1 Å². The molecule has 4 rings (SSSR count). The molecule has 0 spiro atoms. The summed E-state index contributed by atoms with van der Waals surface area (Å²) in [4.78, 5) is 0. The van der Waals surface area contributed by atoms with Gasteiger partial charge in [-0.05, 0) is 5.56 Å². The Kier molecular flexibility index (Phi) is 6.12. The van der Waals surface area contributed by atoms with E-state index in [2.05, 4.69) is 12.1 Å². The van der Waals surface area contributed by atoms with E-state index < -0.39 is 24.8 Å². The van der Waals surface area contributed by atoms with Crippen LogP contribution in [0.2, 0.25) is 0 Å². The third kappa shape index (κ3) is 4.21. The Morgan fingerprint density at radius 3 is 2.44 bits per heavy atom. The van der Waals surface area contributed by atoms with E-state index >= 15 is 0 Å². The molecule has 0 aliphatic carbocycles. The quantitative estimate of drug-likeness (QED) is 0.849. The van der Waals surface area contributed by atoms with Gasteiger partial charge in [-0.25, -0.2) is 0 Å². The van der Waals surface area contributed by atoms with E-state index in [1.165, 1.54) is 5.56 Å². The molecule has 6 heteroatoms. The van der Waals surface area contributed by atoms with Crippen LogP contribution in [-0.4, -0.2) is 48.7 Å². The second-order valence-corrected chi connectivity index (χ2v) is 7.87. The minimum Gasteiger partial charge on any atom is -0.389 e. The minimum absolute atomic E-state index is 0.244. The van der Waals surface area contributed by atoms with E-state index in [0.29, 0.717) is 6.61 Å². The van der Waals surface area contributed by atoms with Gasteiger partial charge in [-0.3, -0.25) is 0 Å². The van der Waals surface area contributed by atoms with E-state index in [0.717, 1.165) is 11.3 Å². The lowest BCUT2D eigenvalue weighted by Crippen LogP contribution is -2.61. The van der Waals surface area contributed by atoms with Gasteiger partial charge in [-0.2, -0.15) is 0 Å². The third-order valence-corrected chi connectivity index (χ3v) is 6.28. The summed E-state index contributed by atoms with van der Waals surface area (Å²) in [6.07, 6.45) is -2.51. The van der Waals surface area contributed by atoms with Gasteiger partial charge in [0.2, 0.25) is 0 Å². The molecule has 2 fully saturated rings. The first-order chi connectivity index (χ1) is 13.3. The van der Waals surface area contributed by atoms with Gasteiger partial charge in [-0.1, -0.05) is 60.7 Å². The zero-order valence-electron chi connectivity index (χ0n) is 15.1. The molecule has 2 aromatic rings. The maximum absolute atomic E-state index is 11.0. The van der Waals surface area contributed by atoms with Crippen molar-refractivity contribution in [3.8, 4) is 0 Å². The van der Waals surface area contributed by atoms with Gasteiger partial charge in [0.25, 0.3) is 0 Å². The largest absolute Gasteiger partial charge is 0.389 e. The number of aliphatic hydroxyl groups is 1. The predicted octanol–water partition coefficient (Wildman–Crippen LogP) is 3.13. The average molecular weight is 388 g/mol. The molecule has 2 aliphatic heterocycles. The molecule has 0 bridgehead atoms. The molecular formula is C21H24O5S. The molecule has 27 heavy (non-hydrogen) atoms. The van der Waals surface area contributed by atoms with Gasteiger partial charge in [0.05, 0.1) is 18.0 Å². The lowest BCUT2D eigenvalue weighted by Gasteiger charge is -2.47. The molecule has 5 nitrogen and oxygen atoms in total. The lowest BCUT2D eigenvalue weighted by molar-refractivity contribution is -0.332. The van der Waals surface area contributed by atoms with Crippen LogP contribution in [0.1, 0.15) is 17.4 Å². The molecular weight excluding hydrogens is 364 g/mol. The summed E-state index contributed by atoms with van der Waals surface area (Å²) in [7, 11) is 1.60. The summed E-state index contributed by atoms with van der Waals surface area (Å²) < 4.78 is 23.5. The molecule has 2 heterocycles. The minimum atomic E-state index is -0.711. The Morgan fingerprint density at radius 1 is 1.04 bits per heavy atom. The second kappa shape index (κ2) is 8.73. The molecule has 2 saturated heterocycles. The van der Waals surface area contributed by atoms with Crippen molar-refractivity contribution in [3.05, 3.63) is 71.8 Å². The van der Waals surface area contributed by atoms with Crippen molar-refractivity contribution in [3.63, 3.8) is 0 Å². The molecule has 2 aromatic carbocycles. The van der Waals surface area contributed by atoms with Crippen LogP contribution >= 0.6 is 11.8 Å². The summed E-state index contributed by atoms with van der Waals surface area (Å²) >= 11 is 1.62. The lowest BCUT2D eigenvalue weighted by atomic mass is 10.00. The number of thioether (sulfide) groups is 1. The van der Waals surface area contributed by atoms with Crippen LogP contribution in [0, 0.1) is 0 Å². The number of benzene rings is 2. The van der Waals surface area contributed by atoms with Gasteiger partial charge >= 0.3 is 0 Å². The maximum Gasteiger partial charge on any atom is 0.184 e. The van der Waals surface area contributed by atoms with Crippen LogP contribution in [0.5, 0.6) is 0 Å². The summed E-state index contributed by atoms with van der Waals surface area (Å²) in [6.45, 7) is 0.358. The van der Waals surface area contributed by atoms with E-state index in [9.17, 15) is 5.11 Å². The highest BCUT2D eigenvalue weighted by atomic mass is 32.2. The fourth-order valence-corrected chi connectivity index (χ4v) is 4.74. The van der Waals surface area contributed by atoms with Gasteiger partial charge in [0.1, 0.15) is 12.2 Å². The SMILES string of the molecule is COC1OC2COC(c3ccccc3)OC2C(O)C1SCc1ccccc1. The smallest absolute Gasteiger partial charge is 0.184 e. The van der Waals surface area contributed by atoms with Crippen molar-refractivity contribution in [1.29, 1.82) is 0 Å². The zero-order chi connectivity index (χ0) is 18.6. The first kappa shape index (κ1) is 18.9. The number of hydrogen-bond donors (Lipinski definition) is 1. The summed E-state index contributed by atoms with van der Waals surface area (Å²) in [6, 6.07) is 19.9. The van der Waals surface area contributed by atoms with Crippen LogP contribution < -0.4 is 0 Å². The maximum atomic E-state index is 11.0. The van der Waals surface area contributed by atoms with Crippen LogP contribution in [-0.2, 0) is 24.7 Å².